The maximum Gasteiger partial charge on any atom is 0.0205 e. The highest BCUT2D eigenvalue weighted by molar-refractivity contribution is 5.85. The summed E-state index contributed by atoms with van der Waals surface area (Å²) in [7, 11) is 0. The molecule has 1 aromatic rings. The molecular formula is C24H44ClN. The third kappa shape index (κ3) is 15.7. The fourth-order valence-electron chi connectivity index (χ4n) is 3.38. The molecule has 152 valence electrons. The molecule has 0 saturated carbocycles. The van der Waals surface area contributed by atoms with Crippen LogP contribution in [-0.2, 0) is 6.54 Å². The predicted octanol–water partition coefficient (Wildman–Crippen LogP) is 7.99. The Labute approximate surface area is 170 Å². The van der Waals surface area contributed by atoms with E-state index in [2.05, 4.69) is 43.4 Å². The Bertz CT molecular complexity index is 388. The molecule has 0 bridgehead atoms. The Hall–Kier alpha value is -0.530. The molecule has 0 spiro atoms. The van der Waals surface area contributed by atoms with Gasteiger partial charge < -0.3 is 5.32 Å². The van der Waals surface area contributed by atoms with Gasteiger partial charge in [0.15, 0.2) is 0 Å². The van der Waals surface area contributed by atoms with Gasteiger partial charge >= 0.3 is 0 Å². The van der Waals surface area contributed by atoms with Crippen LogP contribution in [0.3, 0.4) is 0 Å². The summed E-state index contributed by atoms with van der Waals surface area (Å²) in [4.78, 5) is 0. The van der Waals surface area contributed by atoms with E-state index in [1.54, 1.807) is 0 Å². The van der Waals surface area contributed by atoms with Crippen molar-refractivity contribution in [2.24, 2.45) is 0 Å². The second-order valence-electron chi connectivity index (χ2n) is 7.76. The van der Waals surface area contributed by atoms with Crippen molar-refractivity contribution in [1.82, 2.24) is 5.32 Å². The first kappa shape index (κ1) is 25.5. The first-order chi connectivity index (χ1) is 12.3. The fraction of sp³-hybridized carbons (Fsp3) is 0.750. The number of halogens is 1. The highest BCUT2D eigenvalue weighted by Crippen LogP contribution is 2.12. The molecule has 0 radical (unpaired) electrons. The van der Waals surface area contributed by atoms with Crippen molar-refractivity contribution < 1.29 is 0 Å². The second kappa shape index (κ2) is 19.2. The van der Waals surface area contributed by atoms with Crippen molar-refractivity contribution >= 4 is 12.4 Å². The Morgan fingerprint density at radius 2 is 1.04 bits per heavy atom. The van der Waals surface area contributed by atoms with Gasteiger partial charge in [0.05, 0.1) is 0 Å². The summed E-state index contributed by atoms with van der Waals surface area (Å²) in [6.07, 6.45) is 20.1. The lowest BCUT2D eigenvalue weighted by molar-refractivity contribution is 0.529. The third-order valence-corrected chi connectivity index (χ3v) is 5.16. The summed E-state index contributed by atoms with van der Waals surface area (Å²) in [6.45, 7) is 6.61. The number of rotatable bonds is 17. The van der Waals surface area contributed by atoms with Crippen molar-refractivity contribution in [2.45, 2.75) is 110 Å². The van der Waals surface area contributed by atoms with Crippen LogP contribution in [0.15, 0.2) is 24.3 Å². The quantitative estimate of drug-likeness (QED) is 0.269. The van der Waals surface area contributed by atoms with Gasteiger partial charge in [-0.1, -0.05) is 120 Å². The number of nitrogens with one attached hydrogen (secondary N) is 1. The van der Waals surface area contributed by atoms with Crippen molar-refractivity contribution in [3.05, 3.63) is 35.4 Å². The molecule has 1 rings (SSSR count). The monoisotopic (exact) mass is 381 g/mol. The zero-order valence-corrected chi connectivity index (χ0v) is 18.3. The molecule has 0 atom stereocenters. The van der Waals surface area contributed by atoms with Gasteiger partial charge in [-0.2, -0.15) is 0 Å². The summed E-state index contributed by atoms with van der Waals surface area (Å²) in [5.41, 5.74) is 2.74. The Kier molecular flexibility index (Phi) is 18.8. The van der Waals surface area contributed by atoms with Gasteiger partial charge in [-0.3, -0.25) is 0 Å². The molecule has 0 aliphatic carbocycles. The predicted molar refractivity (Wildman–Crippen MR) is 120 cm³/mol. The van der Waals surface area contributed by atoms with Crippen LogP contribution in [0.2, 0.25) is 0 Å². The minimum atomic E-state index is 0. The maximum atomic E-state index is 3.56. The van der Waals surface area contributed by atoms with Gasteiger partial charge in [-0.05, 0) is 25.5 Å². The van der Waals surface area contributed by atoms with Crippen LogP contribution in [0, 0.1) is 6.92 Å². The fourth-order valence-corrected chi connectivity index (χ4v) is 3.38. The van der Waals surface area contributed by atoms with Gasteiger partial charge in [0, 0.05) is 6.54 Å². The number of unbranched alkanes of at least 4 members (excludes halogenated alkanes) is 13. The second-order valence-corrected chi connectivity index (χ2v) is 7.76. The molecule has 0 unspecified atom stereocenters. The van der Waals surface area contributed by atoms with Crippen molar-refractivity contribution in [1.29, 1.82) is 0 Å². The van der Waals surface area contributed by atoms with Gasteiger partial charge in [-0.25, -0.2) is 0 Å². The molecule has 0 aromatic heterocycles. The van der Waals surface area contributed by atoms with E-state index in [4.69, 9.17) is 0 Å². The Balaban J connectivity index is 0.00000625. The van der Waals surface area contributed by atoms with E-state index in [0.717, 1.165) is 13.1 Å². The van der Waals surface area contributed by atoms with Crippen LogP contribution in [-0.4, -0.2) is 6.54 Å². The van der Waals surface area contributed by atoms with E-state index < -0.39 is 0 Å². The molecule has 2 heteroatoms. The summed E-state index contributed by atoms with van der Waals surface area (Å²) < 4.78 is 0. The standard InChI is InChI=1S/C24H43N.ClH/c1-3-4-5-6-7-8-9-10-11-12-13-14-15-16-21-25-22-24-19-17-23(2)18-20-24;/h17-20,25H,3-16,21-22H2,1-2H3;1H. The largest absolute Gasteiger partial charge is 0.313 e. The van der Waals surface area contributed by atoms with Crippen LogP contribution >= 0.6 is 12.4 Å². The number of benzene rings is 1. The van der Waals surface area contributed by atoms with E-state index in [1.165, 1.54) is 101 Å². The number of hydrogen-bond acceptors (Lipinski definition) is 1. The molecule has 0 saturated heterocycles. The maximum absolute atomic E-state index is 3.56. The van der Waals surface area contributed by atoms with Gasteiger partial charge in [-0.15, -0.1) is 12.4 Å². The minimum Gasteiger partial charge on any atom is -0.313 e. The summed E-state index contributed by atoms with van der Waals surface area (Å²) >= 11 is 0. The normalized spacial score (nSPS) is 10.7. The molecule has 0 fully saturated rings. The van der Waals surface area contributed by atoms with E-state index >= 15 is 0 Å². The van der Waals surface area contributed by atoms with Gasteiger partial charge in [0.25, 0.3) is 0 Å². The molecule has 0 aliphatic heterocycles. The van der Waals surface area contributed by atoms with E-state index in [0.29, 0.717) is 0 Å². The van der Waals surface area contributed by atoms with Crippen molar-refractivity contribution in [3.63, 3.8) is 0 Å². The van der Waals surface area contributed by atoms with Crippen molar-refractivity contribution in [3.8, 4) is 0 Å². The van der Waals surface area contributed by atoms with E-state index in [1.807, 2.05) is 0 Å². The smallest absolute Gasteiger partial charge is 0.0205 e. The average molecular weight is 382 g/mol. The van der Waals surface area contributed by atoms with E-state index in [9.17, 15) is 0 Å². The Morgan fingerprint density at radius 1 is 0.615 bits per heavy atom. The highest BCUT2D eigenvalue weighted by Gasteiger charge is 1.95. The zero-order chi connectivity index (χ0) is 18.0. The minimum absolute atomic E-state index is 0. The topological polar surface area (TPSA) is 12.0 Å². The molecule has 1 nitrogen and oxygen atoms in total. The number of hydrogen-bond donors (Lipinski definition) is 1. The summed E-state index contributed by atoms with van der Waals surface area (Å²) in [6, 6.07) is 8.86. The first-order valence-corrected chi connectivity index (χ1v) is 11.1. The van der Waals surface area contributed by atoms with Crippen LogP contribution in [0.5, 0.6) is 0 Å². The molecule has 1 aromatic carbocycles. The van der Waals surface area contributed by atoms with Crippen molar-refractivity contribution in [2.75, 3.05) is 6.54 Å². The highest BCUT2D eigenvalue weighted by atomic mass is 35.5. The summed E-state index contributed by atoms with van der Waals surface area (Å²) in [5, 5.41) is 3.56. The molecule has 0 aliphatic rings. The SMILES string of the molecule is CCCCCCCCCCCCCCCCNCc1ccc(C)cc1.Cl. The molecular weight excluding hydrogens is 338 g/mol. The Morgan fingerprint density at radius 3 is 1.50 bits per heavy atom. The van der Waals surface area contributed by atoms with Gasteiger partial charge in [0.1, 0.15) is 0 Å². The lowest BCUT2D eigenvalue weighted by atomic mass is 10.0. The van der Waals surface area contributed by atoms with Crippen LogP contribution in [0.4, 0.5) is 0 Å². The molecule has 1 N–H and O–H groups in total. The lowest BCUT2D eigenvalue weighted by Crippen LogP contribution is -2.14. The first-order valence-electron chi connectivity index (χ1n) is 11.1. The van der Waals surface area contributed by atoms with Crippen LogP contribution < -0.4 is 5.32 Å². The average Bonchev–Trinajstić information content (AvgIpc) is 2.63. The third-order valence-electron chi connectivity index (χ3n) is 5.16. The molecule has 0 amide bonds. The van der Waals surface area contributed by atoms with Crippen LogP contribution in [0.1, 0.15) is 108 Å². The zero-order valence-electron chi connectivity index (χ0n) is 17.5. The molecule has 0 heterocycles. The number of aryl methyl sites for hydroxylation is 1. The van der Waals surface area contributed by atoms with Gasteiger partial charge in [0.2, 0.25) is 0 Å². The molecule has 26 heavy (non-hydrogen) atoms. The lowest BCUT2D eigenvalue weighted by Gasteiger charge is -2.06. The van der Waals surface area contributed by atoms with E-state index in [-0.39, 0.29) is 12.4 Å². The van der Waals surface area contributed by atoms with Crippen LogP contribution in [0.25, 0.3) is 0 Å². The summed E-state index contributed by atoms with van der Waals surface area (Å²) in [5.74, 6) is 0.